The molecule has 32 heavy (non-hydrogen) atoms. The molecule has 0 bridgehead atoms. The van der Waals surface area contributed by atoms with E-state index in [1.165, 1.54) is 29.2 Å². The molecule has 4 aromatic rings. The maximum atomic E-state index is 12.3. The van der Waals surface area contributed by atoms with Gasteiger partial charge in [0.2, 0.25) is 11.8 Å². The lowest BCUT2D eigenvalue weighted by Gasteiger charge is -2.17. The van der Waals surface area contributed by atoms with Crippen LogP contribution in [0.5, 0.6) is 0 Å². The predicted molar refractivity (Wildman–Crippen MR) is 122 cm³/mol. The van der Waals surface area contributed by atoms with E-state index in [0.717, 1.165) is 5.69 Å². The van der Waals surface area contributed by atoms with Gasteiger partial charge in [-0.25, -0.2) is 9.78 Å². The number of rotatable bonds is 6. The number of benzene rings is 2. The van der Waals surface area contributed by atoms with Crippen LogP contribution in [0.25, 0.3) is 17.5 Å². The quantitative estimate of drug-likeness (QED) is 0.434. The van der Waals surface area contributed by atoms with Gasteiger partial charge in [0.1, 0.15) is 0 Å². The third-order valence-corrected chi connectivity index (χ3v) is 5.12. The first-order valence-corrected chi connectivity index (χ1v) is 10.3. The van der Waals surface area contributed by atoms with Crippen molar-refractivity contribution in [3.05, 3.63) is 82.3 Å². The maximum Gasteiger partial charge on any atom is 0.439 e. The number of aromatic nitrogens is 3. The summed E-state index contributed by atoms with van der Waals surface area (Å²) in [4.78, 5) is 44.0. The van der Waals surface area contributed by atoms with Crippen LogP contribution in [0.15, 0.2) is 75.4 Å². The number of hydrogen-bond acceptors (Lipinski definition) is 7. The fourth-order valence-electron chi connectivity index (χ4n) is 2.90. The van der Waals surface area contributed by atoms with Crippen LogP contribution in [0.3, 0.4) is 0 Å². The Morgan fingerprint density at radius 2 is 1.97 bits per heavy atom. The molecule has 0 fully saturated rings. The molecule has 0 atom stereocenters. The van der Waals surface area contributed by atoms with E-state index < -0.39 is 5.76 Å². The minimum Gasteiger partial charge on any atom is -0.322 e. The van der Waals surface area contributed by atoms with Gasteiger partial charge >= 0.3 is 5.76 Å². The van der Waals surface area contributed by atoms with Crippen molar-refractivity contribution in [3.8, 4) is 11.4 Å². The molecule has 0 aliphatic carbocycles. The number of carbonyl (C=O) groups is 2. The van der Waals surface area contributed by atoms with Crippen LogP contribution in [0.2, 0.25) is 0 Å². The summed E-state index contributed by atoms with van der Waals surface area (Å²) in [7, 11) is 0. The lowest BCUT2D eigenvalue weighted by atomic mass is 10.2. The minimum absolute atomic E-state index is 0.160. The monoisotopic (exact) mass is 447 g/mol. The van der Waals surface area contributed by atoms with Crippen molar-refractivity contribution in [2.24, 2.45) is 0 Å². The Morgan fingerprint density at radius 3 is 2.69 bits per heavy atom. The first-order chi connectivity index (χ1) is 15.5. The van der Waals surface area contributed by atoms with E-state index in [0.29, 0.717) is 22.1 Å². The average molecular weight is 447 g/mol. The predicted octanol–water partition coefficient (Wildman–Crippen LogP) is 3.82. The summed E-state index contributed by atoms with van der Waals surface area (Å²) >= 11 is 1.30. The number of nitrogens with one attached hydrogen (secondary N) is 2. The van der Waals surface area contributed by atoms with Crippen LogP contribution in [-0.4, -0.2) is 26.9 Å². The van der Waals surface area contributed by atoms with Crippen LogP contribution < -0.4 is 16.0 Å². The van der Waals surface area contributed by atoms with Crippen LogP contribution in [0, 0.1) is 0 Å². The number of amides is 2. The number of para-hydroxylation sites is 1. The highest BCUT2D eigenvalue weighted by Gasteiger charge is 2.17. The highest BCUT2D eigenvalue weighted by atomic mass is 32.1. The lowest BCUT2D eigenvalue weighted by Crippen LogP contribution is -2.22. The van der Waals surface area contributed by atoms with Gasteiger partial charge in [-0.15, -0.1) is 11.3 Å². The summed E-state index contributed by atoms with van der Waals surface area (Å²) in [5, 5.41) is 8.64. The maximum absolute atomic E-state index is 12.3. The van der Waals surface area contributed by atoms with Gasteiger partial charge in [0.15, 0.2) is 11.0 Å². The Balaban J connectivity index is 1.45. The van der Waals surface area contributed by atoms with Crippen molar-refractivity contribution < 1.29 is 14.1 Å². The van der Waals surface area contributed by atoms with Gasteiger partial charge in [-0.05, 0) is 30.3 Å². The molecule has 0 unspecified atom stereocenters. The standard InChI is InChI=1S/C22H17N5O4S/c1-14(28)27(18-8-3-2-4-9-18)21-24-17(13-32-21)10-11-19(29)23-16-7-5-6-15(12-16)20-25-22(30)31-26-20/h2-13H,1H3,(H,23,29)(H,25,26,30)/b11-10+. The average Bonchev–Trinajstić information content (AvgIpc) is 3.42. The molecule has 2 aromatic carbocycles. The molecule has 0 aliphatic rings. The van der Waals surface area contributed by atoms with Crippen LogP contribution >= 0.6 is 11.3 Å². The van der Waals surface area contributed by atoms with E-state index in [4.69, 9.17) is 0 Å². The molecule has 2 amide bonds. The second-order valence-electron chi connectivity index (χ2n) is 6.59. The highest BCUT2D eigenvalue weighted by Crippen LogP contribution is 2.29. The summed E-state index contributed by atoms with van der Waals surface area (Å²) in [6.07, 6.45) is 2.92. The Hall–Kier alpha value is -4.31. The van der Waals surface area contributed by atoms with Crippen LogP contribution in [0.1, 0.15) is 12.6 Å². The molecule has 2 N–H and O–H groups in total. The van der Waals surface area contributed by atoms with Crippen molar-refractivity contribution in [3.63, 3.8) is 0 Å². The number of H-pyrrole nitrogens is 1. The number of aromatic amines is 1. The van der Waals surface area contributed by atoms with Gasteiger partial charge in [-0.3, -0.25) is 24.0 Å². The van der Waals surface area contributed by atoms with Crippen molar-refractivity contribution in [1.29, 1.82) is 0 Å². The number of nitrogens with zero attached hydrogens (tertiary/aromatic N) is 3. The van der Waals surface area contributed by atoms with Gasteiger partial charge in [0.05, 0.1) is 11.4 Å². The second kappa shape index (κ2) is 9.23. The molecule has 0 radical (unpaired) electrons. The molecule has 0 aliphatic heterocycles. The number of hydrogen-bond donors (Lipinski definition) is 2. The Labute approximate surface area is 186 Å². The number of thiazole rings is 1. The molecule has 2 aromatic heterocycles. The lowest BCUT2D eigenvalue weighted by molar-refractivity contribution is -0.116. The largest absolute Gasteiger partial charge is 0.439 e. The Kier molecular flexibility index (Phi) is 6.04. The van der Waals surface area contributed by atoms with Gasteiger partial charge in [-0.1, -0.05) is 35.5 Å². The SMILES string of the molecule is CC(=O)N(c1ccccc1)c1nc(/C=C/C(=O)Nc2cccc(-c3noc(=O)[nH]3)c2)cs1. The van der Waals surface area contributed by atoms with Crippen LogP contribution in [-0.2, 0) is 9.59 Å². The molecular formula is C22H17N5O4S. The molecule has 0 spiro atoms. The highest BCUT2D eigenvalue weighted by molar-refractivity contribution is 7.14. The molecular weight excluding hydrogens is 430 g/mol. The summed E-state index contributed by atoms with van der Waals surface area (Å²) in [6.45, 7) is 1.47. The smallest absolute Gasteiger partial charge is 0.322 e. The van der Waals surface area contributed by atoms with Crippen molar-refractivity contribution in [2.75, 3.05) is 10.2 Å². The van der Waals surface area contributed by atoms with E-state index in [9.17, 15) is 14.4 Å². The van der Waals surface area contributed by atoms with E-state index in [-0.39, 0.29) is 17.6 Å². The van der Waals surface area contributed by atoms with Crippen molar-refractivity contribution in [2.45, 2.75) is 6.92 Å². The summed E-state index contributed by atoms with van der Waals surface area (Å²) in [5.74, 6) is -0.912. The van der Waals surface area contributed by atoms with Crippen molar-refractivity contribution >= 4 is 45.7 Å². The molecule has 2 heterocycles. The molecule has 9 nitrogen and oxygen atoms in total. The molecule has 160 valence electrons. The van der Waals surface area contributed by atoms with Crippen molar-refractivity contribution in [1.82, 2.24) is 15.1 Å². The van der Waals surface area contributed by atoms with Gasteiger partial charge in [0, 0.05) is 29.6 Å². The van der Waals surface area contributed by atoms with Gasteiger partial charge < -0.3 is 5.32 Å². The van der Waals surface area contributed by atoms with Gasteiger partial charge in [0.25, 0.3) is 0 Å². The topological polar surface area (TPSA) is 121 Å². The Morgan fingerprint density at radius 1 is 1.16 bits per heavy atom. The summed E-state index contributed by atoms with van der Waals surface area (Å²) in [5.41, 5.74) is 2.38. The normalized spacial score (nSPS) is 10.9. The zero-order chi connectivity index (χ0) is 22.5. The number of anilines is 3. The second-order valence-corrected chi connectivity index (χ2v) is 7.43. The van der Waals surface area contributed by atoms with E-state index in [1.54, 1.807) is 35.7 Å². The summed E-state index contributed by atoms with van der Waals surface area (Å²) < 4.78 is 4.50. The van der Waals surface area contributed by atoms with E-state index >= 15 is 0 Å². The van der Waals surface area contributed by atoms with E-state index in [1.807, 2.05) is 30.3 Å². The first kappa shape index (κ1) is 20.9. The zero-order valence-corrected chi connectivity index (χ0v) is 17.6. The number of carbonyl (C=O) groups excluding carboxylic acids is 2. The molecule has 10 heteroatoms. The molecule has 0 saturated heterocycles. The third kappa shape index (κ3) is 4.87. The van der Waals surface area contributed by atoms with Gasteiger partial charge in [-0.2, -0.15) is 0 Å². The minimum atomic E-state index is -0.657. The Bertz CT molecular complexity index is 1340. The van der Waals surface area contributed by atoms with Crippen LogP contribution in [0.4, 0.5) is 16.5 Å². The fraction of sp³-hybridized carbons (Fsp3) is 0.0455. The fourth-order valence-corrected chi connectivity index (χ4v) is 3.76. The molecule has 0 saturated carbocycles. The van der Waals surface area contributed by atoms with E-state index in [2.05, 4.69) is 25.0 Å². The zero-order valence-electron chi connectivity index (χ0n) is 16.8. The molecule has 4 rings (SSSR count). The third-order valence-electron chi connectivity index (χ3n) is 4.28. The summed E-state index contributed by atoms with van der Waals surface area (Å²) in [6, 6.07) is 16.0. The first-order valence-electron chi connectivity index (χ1n) is 9.46.